The number of aromatic nitrogens is 2. The second-order valence-electron chi connectivity index (χ2n) is 5.70. The molecular formula is C14H19N5OS. The normalized spacial score (nSPS) is 19.2. The molecule has 2 aromatic rings. The number of hydrogen-bond acceptors (Lipinski definition) is 6. The predicted molar refractivity (Wildman–Crippen MR) is 84.4 cm³/mol. The Morgan fingerprint density at radius 1 is 1.62 bits per heavy atom. The second-order valence-corrected chi connectivity index (χ2v) is 6.70. The number of nitrogen functional groups attached to an aromatic ring is 1. The van der Waals surface area contributed by atoms with Gasteiger partial charge in [0.25, 0.3) is 5.91 Å². The quantitative estimate of drug-likeness (QED) is 0.925. The van der Waals surface area contributed by atoms with Crippen LogP contribution >= 0.6 is 11.3 Å². The smallest absolute Gasteiger partial charge is 0.265 e. The molecule has 0 bridgehead atoms. The van der Waals surface area contributed by atoms with Crippen LogP contribution < -0.4 is 5.73 Å². The Balaban J connectivity index is 1.78. The molecule has 3 heterocycles. The fourth-order valence-corrected chi connectivity index (χ4v) is 3.88. The third-order valence-electron chi connectivity index (χ3n) is 3.98. The third-order valence-corrected chi connectivity index (χ3v) is 5.08. The van der Waals surface area contributed by atoms with Crippen molar-refractivity contribution in [3.05, 3.63) is 17.1 Å². The fourth-order valence-electron chi connectivity index (χ4n) is 2.85. The first-order valence-corrected chi connectivity index (χ1v) is 7.81. The van der Waals surface area contributed by atoms with Crippen LogP contribution in [0.3, 0.4) is 0 Å². The molecule has 1 unspecified atom stereocenters. The number of nitrogens with two attached hydrogens (primary N) is 1. The van der Waals surface area contributed by atoms with Gasteiger partial charge in [-0.1, -0.05) is 0 Å². The van der Waals surface area contributed by atoms with Gasteiger partial charge in [-0.05, 0) is 32.0 Å². The number of fused-ring (bicyclic) bond motifs is 1. The van der Waals surface area contributed by atoms with E-state index in [0.29, 0.717) is 21.3 Å². The van der Waals surface area contributed by atoms with E-state index in [4.69, 9.17) is 5.73 Å². The largest absolute Gasteiger partial charge is 0.397 e. The van der Waals surface area contributed by atoms with E-state index in [1.54, 1.807) is 17.2 Å². The summed E-state index contributed by atoms with van der Waals surface area (Å²) in [6.45, 7) is 2.92. The van der Waals surface area contributed by atoms with Gasteiger partial charge in [0.2, 0.25) is 0 Å². The maximum atomic E-state index is 12.6. The van der Waals surface area contributed by atoms with Crippen LogP contribution in [-0.4, -0.2) is 59.6 Å². The van der Waals surface area contributed by atoms with Crippen molar-refractivity contribution in [3.8, 4) is 0 Å². The van der Waals surface area contributed by atoms with Crippen LogP contribution in [0.15, 0.2) is 12.3 Å². The number of carbonyl (C=O) groups is 1. The van der Waals surface area contributed by atoms with Gasteiger partial charge in [0.1, 0.15) is 9.71 Å². The molecule has 1 fully saturated rings. The van der Waals surface area contributed by atoms with Crippen molar-refractivity contribution in [1.29, 1.82) is 0 Å². The molecule has 1 saturated heterocycles. The number of likely N-dealkylation sites (tertiary alicyclic amines) is 1. The number of hydrogen-bond donors (Lipinski definition) is 1. The van der Waals surface area contributed by atoms with Gasteiger partial charge in [-0.2, -0.15) is 5.10 Å². The van der Waals surface area contributed by atoms with Crippen molar-refractivity contribution in [2.24, 2.45) is 5.92 Å². The minimum atomic E-state index is -0.0231. The van der Waals surface area contributed by atoms with E-state index in [-0.39, 0.29) is 5.91 Å². The SMILES string of the molecule is CN1CCC(CN(C)C(=O)c2sc3nnccc3c2N)C1. The monoisotopic (exact) mass is 305 g/mol. The first-order chi connectivity index (χ1) is 10.1. The molecule has 0 radical (unpaired) electrons. The molecule has 0 aliphatic carbocycles. The van der Waals surface area contributed by atoms with E-state index in [9.17, 15) is 4.79 Å². The topological polar surface area (TPSA) is 75.3 Å². The lowest BCUT2D eigenvalue weighted by atomic mass is 10.1. The summed E-state index contributed by atoms with van der Waals surface area (Å²) in [5.74, 6) is 0.518. The highest BCUT2D eigenvalue weighted by atomic mass is 32.1. The van der Waals surface area contributed by atoms with Crippen LogP contribution in [0.2, 0.25) is 0 Å². The minimum absolute atomic E-state index is 0.0231. The van der Waals surface area contributed by atoms with Gasteiger partial charge in [-0.25, -0.2) is 0 Å². The maximum Gasteiger partial charge on any atom is 0.265 e. The molecule has 3 rings (SSSR count). The molecule has 2 N–H and O–H groups in total. The molecule has 6 nitrogen and oxygen atoms in total. The molecule has 0 spiro atoms. The van der Waals surface area contributed by atoms with E-state index >= 15 is 0 Å². The molecular weight excluding hydrogens is 286 g/mol. The highest BCUT2D eigenvalue weighted by Crippen LogP contribution is 2.32. The average molecular weight is 305 g/mol. The summed E-state index contributed by atoms with van der Waals surface area (Å²) in [7, 11) is 3.96. The first-order valence-electron chi connectivity index (χ1n) is 7.00. The summed E-state index contributed by atoms with van der Waals surface area (Å²) in [5, 5.41) is 8.68. The number of amides is 1. The number of nitrogens with zero attached hydrogens (tertiary/aromatic N) is 4. The maximum absolute atomic E-state index is 12.6. The van der Waals surface area contributed by atoms with Gasteiger partial charge in [-0.3, -0.25) is 4.79 Å². The Kier molecular flexibility index (Phi) is 3.77. The van der Waals surface area contributed by atoms with Gasteiger partial charge >= 0.3 is 0 Å². The van der Waals surface area contributed by atoms with Gasteiger partial charge in [0.05, 0.1) is 11.9 Å². The van der Waals surface area contributed by atoms with Gasteiger partial charge in [0, 0.05) is 25.5 Å². The minimum Gasteiger partial charge on any atom is -0.397 e. The van der Waals surface area contributed by atoms with Crippen LogP contribution in [0.1, 0.15) is 16.1 Å². The average Bonchev–Trinajstić information content (AvgIpc) is 3.03. The zero-order valence-electron chi connectivity index (χ0n) is 12.2. The van der Waals surface area contributed by atoms with Crippen molar-refractivity contribution in [1.82, 2.24) is 20.0 Å². The summed E-state index contributed by atoms with van der Waals surface area (Å²) in [6.07, 6.45) is 2.74. The standard InChI is InChI=1S/C14H19N5OS/c1-18-6-4-9(7-18)8-19(2)14(20)12-11(15)10-3-5-16-17-13(10)21-12/h3,5,9H,4,6-8,15H2,1-2H3. The van der Waals surface area contributed by atoms with Crippen LogP contribution in [0.5, 0.6) is 0 Å². The number of rotatable bonds is 3. The molecule has 1 aliphatic heterocycles. The Morgan fingerprint density at radius 3 is 3.10 bits per heavy atom. The molecule has 0 saturated carbocycles. The van der Waals surface area contributed by atoms with Crippen molar-refractivity contribution < 1.29 is 4.79 Å². The van der Waals surface area contributed by atoms with Gasteiger partial charge < -0.3 is 15.5 Å². The second kappa shape index (κ2) is 5.57. The molecule has 21 heavy (non-hydrogen) atoms. The molecule has 1 amide bonds. The van der Waals surface area contributed by atoms with E-state index in [2.05, 4.69) is 22.1 Å². The number of thiophene rings is 1. The first kappa shape index (κ1) is 14.2. The van der Waals surface area contributed by atoms with E-state index < -0.39 is 0 Å². The van der Waals surface area contributed by atoms with Crippen molar-refractivity contribution in [2.75, 3.05) is 39.5 Å². The molecule has 1 atom stereocenters. The molecule has 112 valence electrons. The van der Waals surface area contributed by atoms with Crippen LogP contribution in [-0.2, 0) is 0 Å². The predicted octanol–water partition coefficient (Wildman–Crippen LogP) is 1.30. The highest BCUT2D eigenvalue weighted by Gasteiger charge is 2.25. The summed E-state index contributed by atoms with van der Waals surface area (Å²) < 4.78 is 0. The Labute approximate surface area is 127 Å². The zero-order valence-corrected chi connectivity index (χ0v) is 13.1. The summed E-state index contributed by atoms with van der Waals surface area (Å²) in [6, 6.07) is 1.80. The van der Waals surface area contributed by atoms with Crippen LogP contribution in [0, 0.1) is 5.92 Å². The molecule has 7 heteroatoms. The lowest BCUT2D eigenvalue weighted by molar-refractivity contribution is 0.0780. The number of carbonyl (C=O) groups excluding carboxylic acids is 1. The Morgan fingerprint density at radius 2 is 2.43 bits per heavy atom. The van der Waals surface area contributed by atoms with E-state index in [1.807, 2.05) is 7.05 Å². The Hall–Kier alpha value is -1.73. The van der Waals surface area contributed by atoms with Crippen molar-refractivity contribution in [3.63, 3.8) is 0 Å². The van der Waals surface area contributed by atoms with Crippen LogP contribution in [0.4, 0.5) is 5.69 Å². The third kappa shape index (κ3) is 2.71. The molecule has 1 aliphatic rings. The zero-order chi connectivity index (χ0) is 15.0. The van der Waals surface area contributed by atoms with Crippen molar-refractivity contribution in [2.45, 2.75) is 6.42 Å². The summed E-state index contributed by atoms with van der Waals surface area (Å²) in [5.41, 5.74) is 6.61. The van der Waals surface area contributed by atoms with Crippen LogP contribution in [0.25, 0.3) is 10.2 Å². The summed E-state index contributed by atoms with van der Waals surface area (Å²) >= 11 is 1.32. The Bertz CT molecular complexity index is 670. The van der Waals surface area contributed by atoms with Gasteiger partial charge in [0.15, 0.2) is 0 Å². The number of anilines is 1. The molecule has 0 aromatic carbocycles. The van der Waals surface area contributed by atoms with Gasteiger partial charge in [-0.15, -0.1) is 16.4 Å². The molecule has 2 aromatic heterocycles. The summed E-state index contributed by atoms with van der Waals surface area (Å²) in [4.78, 5) is 18.0. The lowest BCUT2D eigenvalue weighted by Gasteiger charge is -2.20. The van der Waals surface area contributed by atoms with E-state index in [0.717, 1.165) is 31.4 Å². The lowest BCUT2D eigenvalue weighted by Crippen LogP contribution is -2.32. The highest BCUT2D eigenvalue weighted by molar-refractivity contribution is 7.21. The van der Waals surface area contributed by atoms with Crippen molar-refractivity contribution >= 4 is 33.1 Å². The van der Waals surface area contributed by atoms with E-state index in [1.165, 1.54) is 11.3 Å². The fraction of sp³-hybridized carbons (Fsp3) is 0.500.